The molecule has 0 saturated carbocycles. The zero-order valence-corrected chi connectivity index (χ0v) is 32.0. The number of para-hydroxylation sites is 3. The van der Waals surface area contributed by atoms with Crippen molar-refractivity contribution in [3.63, 3.8) is 0 Å². The lowest BCUT2D eigenvalue weighted by Gasteiger charge is -2.28. The van der Waals surface area contributed by atoms with Gasteiger partial charge in [0.2, 0.25) is 0 Å². The third kappa shape index (κ3) is 5.51. The number of hydrogen-bond donors (Lipinski definition) is 0. The Kier molecular flexibility index (Phi) is 7.54. The van der Waals surface area contributed by atoms with Crippen LogP contribution in [0, 0.1) is 0 Å². The normalized spacial score (nSPS) is 11.7. The number of hydrogen-bond acceptors (Lipinski definition) is 3. The van der Waals surface area contributed by atoms with Gasteiger partial charge in [-0.2, -0.15) is 0 Å². The lowest BCUT2D eigenvalue weighted by atomic mass is 9.97. The maximum atomic E-state index is 6.90. The van der Waals surface area contributed by atoms with E-state index in [1.165, 1.54) is 21.7 Å². The number of rotatable bonds is 6. The standard InChI is InChI=1S/C56H35NO2/c1-2-13-39-33-41(24-23-36(39)11-1)40-14-9-15-44(34-40)57(43-29-25-37(26-30-43)42-28-31-48-47-18-6-8-22-53(47)58-54(48)35-42)52-21-7-5-17-46(52)49-19-10-20-50-51-32-27-38-12-3-4-16-45(38)55(51)59-56(49)50/h1-35H. The second-order valence-corrected chi connectivity index (χ2v) is 15.3. The van der Waals surface area contributed by atoms with Crippen molar-refractivity contribution in [2.45, 2.75) is 0 Å². The quantitative estimate of drug-likeness (QED) is 0.169. The molecule has 12 rings (SSSR count). The van der Waals surface area contributed by atoms with Crippen molar-refractivity contribution in [2.75, 3.05) is 4.90 Å². The summed E-state index contributed by atoms with van der Waals surface area (Å²) in [6.07, 6.45) is 0. The molecule has 0 fully saturated rings. The van der Waals surface area contributed by atoms with Crippen LogP contribution in [-0.2, 0) is 0 Å². The minimum atomic E-state index is 0.882. The van der Waals surface area contributed by atoms with Gasteiger partial charge >= 0.3 is 0 Å². The maximum Gasteiger partial charge on any atom is 0.143 e. The first-order chi connectivity index (χ1) is 29.2. The van der Waals surface area contributed by atoms with Crippen LogP contribution in [0.15, 0.2) is 221 Å². The first kappa shape index (κ1) is 33.3. The molecule has 3 nitrogen and oxygen atoms in total. The fraction of sp³-hybridized carbons (Fsp3) is 0. The number of benzene rings is 10. The summed E-state index contributed by atoms with van der Waals surface area (Å²) in [5, 5.41) is 9.23. The summed E-state index contributed by atoms with van der Waals surface area (Å²) in [5.41, 5.74) is 13.4. The van der Waals surface area contributed by atoms with Crippen LogP contribution in [0.2, 0.25) is 0 Å². The summed E-state index contributed by atoms with van der Waals surface area (Å²) >= 11 is 0. The molecule has 0 atom stereocenters. The van der Waals surface area contributed by atoms with E-state index in [0.717, 1.165) is 94.1 Å². The maximum absolute atomic E-state index is 6.90. The Labute approximate surface area is 340 Å². The zero-order chi connectivity index (χ0) is 38.9. The monoisotopic (exact) mass is 753 g/mol. The van der Waals surface area contributed by atoms with Gasteiger partial charge in [-0.15, -0.1) is 0 Å². The van der Waals surface area contributed by atoms with Crippen LogP contribution in [0.5, 0.6) is 0 Å². The molecule has 0 aliphatic carbocycles. The molecule has 0 amide bonds. The van der Waals surface area contributed by atoms with Crippen molar-refractivity contribution >= 4 is 82.5 Å². The van der Waals surface area contributed by atoms with Gasteiger partial charge in [-0.3, -0.25) is 0 Å². The molecular weight excluding hydrogens is 719 g/mol. The van der Waals surface area contributed by atoms with Crippen molar-refractivity contribution in [2.24, 2.45) is 0 Å². The molecule has 0 aliphatic heterocycles. The molecule has 276 valence electrons. The molecule has 0 N–H and O–H groups in total. The van der Waals surface area contributed by atoms with E-state index in [0.29, 0.717) is 0 Å². The van der Waals surface area contributed by atoms with Crippen LogP contribution >= 0.6 is 0 Å². The molecular formula is C56H35NO2. The Morgan fingerprint density at radius 1 is 0.288 bits per heavy atom. The second-order valence-electron chi connectivity index (χ2n) is 15.3. The Morgan fingerprint density at radius 2 is 0.898 bits per heavy atom. The molecule has 12 aromatic rings. The molecule has 0 bridgehead atoms. The van der Waals surface area contributed by atoms with Crippen molar-refractivity contribution in [3.05, 3.63) is 212 Å². The summed E-state index contributed by atoms with van der Waals surface area (Å²) in [7, 11) is 0. The largest absolute Gasteiger partial charge is 0.456 e. The molecule has 0 saturated heterocycles. The summed E-state index contributed by atoms with van der Waals surface area (Å²) < 4.78 is 13.2. The van der Waals surface area contributed by atoms with Crippen molar-refractivity contribution in [1.29, 1.82) is 0 Å². The molecule has 0 spiro atoms. The van der Waals surface area contributed by atoms with Crippen LogP contribution < -0.4 is 4.90 Å². The van der Waals surface area contributed by atoms with Crippen LogP contribution in [0.4, 0.5) is 17.1 Å². The molecule has 2 heterocycles. The minimum Gasteiger partial charge on any atom is -0.456 e. The van der Waals surface area contributed by atoms with Gasteiger partial charge in [0.15, 0.2) is 0 Å². The van der Waals surface area contributed by atoms with Crippen molar-refractivity contribution in [1.82, 2.24) is 0 Å². The van der Waals surface area contributed by atoms with E-state index in [1.54, 1.807) is 0 Å². The molecule has 0 aliphatic rings. The highest BCUT2D eigenvalue weighted by molar-refractivity contribution is 6.17. The Hall–Kier alpha value is -7.88. The van der Waals surface area contributed by atoms with Gasteiger partial charge in [0.1, 0.15) is 22.3 Å². The van der Waals surface area contributed by atoms with Gasteiger partial charge in [-0.05, 0) is 99.1 Å². The smallest absolute Gasteiger partial charge is 0.143 e. The van der Waals surface area contributed by atoms with E-state index in [4.69, 9.17) is 8.83 Å². The summed E-state index contributed by atoms with van der Waals surface area (Å²) in [5.74, 6) is 0. The van der Waals surface area contributed by atoms with Gasteiger partial charge in [0, 0.05) is 49.4 Å². The predicted molar refractivity (Wildman–Crippen MR) is 247 cm³/mol. The first-order valence-corrected chi connectivity index (χ1v) is 20.1. The summed E-state index contributed by atoms with van der Waals surface area (Å²) in [6, 6.07) is 75.8. The van der Waals surface area contributed by atoms with E-state index in [2.05, 4.69) is 205 Å². The highest BCUT2D eigenvalue weighted by Crippen LogP contribution is 2.46. The SMILES string of the molecule is c1cc(-c2ccc3ccccc3c2)cc(N(c2ccc(-c3ccc4c(c3)oc3ccccc34)cc2)c2ccccc2-c2cccc3c2oc2c4ccccc4ccc32)c1. The molecule has 2 aromatic heterocycles. The topological polar surface area (TPSA) is 29.5 Å². The Balaban J connectivity index is 1.03. The second kappa shape index (κ2) is 13.4. The van der Waals surface area contributed by atoms with Gasteiger partial charge < -0.3 is 13.7 Å². The average molecular weight is 754 g/mol. The molecule has 3 heteroatoms. The van der Waals surface area contributed by atoms with E-state index in [-0.39, 0.29) is 0 Å². The van der Waals surface area contributed by atoms with E-state index in [1.807, 2.05) is 12.1 Å². The van der Waals surface area contributed by atoms with E-state index < -0.39 is 0 Å². The van der Waals surface area contributed by atoms with Crippen LogP contribution in [0.3, 0.4) is 0 Å². The van der Waals surface area contributed by atoms with Crippen molar-refractivity contribution < 1.29 is 8.83 Å². The Bertz CT molecular complexity index is 3570. The summed E-state index contributed by atoms with van der Waals surface area (Å²) in [6.45, 7) is 0. The highest BCUT2D eigenvalue weighted by atomic mass is 16.3. The van der Waals surface area contributed by atoms with Gasteiger partial charge in [-0.1, -0.05) is 152 Å². The minimum absolute atomic E-state index is 0.882. The van der Waals surface area contributed by atoms with Crippen LogP contribution in [-0.4, -0.2) is 0 Å². The lowest BCUT2D eigenvalue weighted by Crippen LogP contribution is -2.11. The number of fused-ring (bicyclic) bond motifs is 9. The Morgan fingerprint density at radius 3 is 1.81 bits per heavy atom. The summed E-state index contributed by atoms with van der Waals surface area (Å²) in [4.78, 5) is 2.38. The van der Waals surface area contributed by atoms with Gasteiger partial charge in [0.25, 0.3) is 0 Å². The fourth-order valence-electron chi connectivity index (χ4n) is 8.96. The average Bonchev–Trinajstić information content (AvgIpc) is 3.88. The van der Waals surface area contributed by atoms with Crippen LogP contribution in [0.1, 0.15) is 0 Å². The van der Waals surface area contributed by atoms with Crippen molar-refractivity contribution in [3.8, 4) is 33.4 Å². The number of furan rings is 2. The molecule has 0 unspecified atom stereocenters. The van der Waals surface area contributed by atoms with E-state index in [9.17, 15) is 0 Å². The van der Waals surface area contributed by atoms with E-state index >= 15 is 0 Å². The third-order valence-corrected chi connectivity index (χ3v) is 11.8. The molecule has 0 radical (unpaired) electrons. The number of anilines is 3. The third-order valence-electron chi connectivity index (χ3n) is 11.8. The molecule has 59 heavy (non-hydrogen) atoms. The highest BCUT2D eigenvalue weighted by Gasteiger charge is 2.21. The number of nitrogens with zero attached hydrogens (tertiary/aromatic N) is 1. The van der Waals surface area contributed by atoms with Gasteiger partial charge in [0.05, 0.1) is 5.69 Å². The predicted octanol–water partition coefficient (Wildman–Crippen LogP) is 16.3. The molecule has 10 aromatic carbocycles. The zero-order valence-electron chi connectivity index (χ0n) is 32.0. The van der Waals surface area contributed by atoms with Gasteiger partial charge in [-0.25, -0.2) is 0 Å². The van der Waals surface area contributed by atoms with Crippen LogP contribution in [0.25, 0.3) is 98.8 Å². The fourth-order valence-corrected chi connectivity index (χ4v) is 8.96. The lowest BCUT2D eigenvalue weighted by molar-refractivity contribution is 0.669. The first-order valence-electron chi connectivity index (χ1n) is 20.1.